The van der Waals surface area contributed by atoms with Crippen LogP contribution < -0.4 is 0 Å². The fourth-order valence-corrected chi connectivity index (χ4v) is 4.21. The maximum Gasteiger partial charge on any atom is 0.121 e. The van der Waals surface area contributed by atoms with Crippen molar-refractivity contribution in [2.24, 2.45) is 0 Å². The molecule has 4 rings (SSSR count). The highest BCUT2D eigenvalue weighted by Gasteiger charge is 2.00. The summed E-state index contributed by atoms with van der Waals surface area (Å²) in [6, 6.07) is 28.9. The van der Waals surface area contributed by atoms with E-state index in [2.05, 4.69) is 55.4 Å². The lowest BCUT2D eigenvalue weighted by Gasteiger charge is -2.04. The highest BCUT2D eigenvalue weighted by molar-refractivity contribution is 5.32. The second kappa shape index (κ2) is 42.5. The number of aromatic hydroxyl groups is 4. The fraction of sp³-hybridized carbons (Fsp3) is 0.520. The third-order valence-corrected chi connectivity index (χ3v) is 7.52. The molecule has 8 heteroatoms. The summed E-state index contributed by atoms with van der Waals surface area (Å²) in [7, 11) is 0. The number of hydrogen-bond acceptors (Lipinski definition) is 8. The van der Waals surface area contributed by atoms with Gasteiger partial charge in [0.15, 0.2) is 0 Å². The number of phenols is 4. The van der Waals surface area contributed by atoms with Gasteiger partial charge in [-0.1, -0.05) is 161 Å². The molecule has 4 N–H and O–H groups in total. The van der Waals surface area contributed by atoms with E-state index in [1.165, 1.54) is 12.8 Å². The van der Waals surface area contributed by atoms with Gasteiger partial charge in [0.1, 0.15) is 23.0 Å². The number of benzene rings is 4. The molecule has 0 atom stereocenters. The lowest BCUT2D eigenvalue weighted by Crippen LogP contribution is -1.94. The first-order valence-corrected chi connectivity index (χ1v) is 21.6. The van der Waals surface area contributed by atoms with E-state index in [9.17, 15) is 15.3 Å². The Morgan fingerprint density at radius 3 is 0.862 bits per heavy atom. The second-order valence-electron chi connectivity index (χ2n) is 13.6. The molecule has 58 heavy (non-hydrogen) atoms. The Bertz CT molecular complexity index is 1300. The van der Waals surface area contributed by atoms with E-state index in [4.69, 9.17) is 24.1 Å². The Morgan fingerprint density at radius 1 is 0.345 bits per heavy atom. The first-order chi connectivity index (χ1) is 28.2. The standard InChI is InChI=1S/4C11H16O2.2C3H8/c1-2-3-8-13-9-10-4-6-11(12)7-5-10;3*1-2-3-8-13-9-10-6-4-5-7-11(10)12;2*1-3-2/h4*4-7,12H,2-3,8-9H2,1H3;2*3H2,1-2H3. The van der Waals surface area contributed by atoms with Crippen LogP contribution in [-0.2, 0) is 45.4 Å². The van der Waals surface area contributed by atoms with Crippen molar-refractivity contribution in [3.8, 4) is 23.0 Å². The van der Waals surface area contributed by atoms with Crippen LogP contribution in [-0.4, -0.2) is 46.9 Å². The topological polar surface area (TPSA) is 118 Å². The van der Waals surface area contributed by atoms with E-state index in [1.807, 2.05) is 66.7 Å². The van der Waals surface area contributed by atoms with E-state index >= 15 is 0 Å². The summed E-state index contributed by atoms with van der Waals surface area (Å²) in [5.41, 5.74) is 3.68. The van der Waals surface area contributed by atoms with Crippen LogP contribution in [0.4, 0.5) is 0 Å². The molecule has 4 aromatic carbocycles. The molecule has 4 aromatic rings. The number of phenolic OH excluding ortho intramolecular Hbond substituents is 4. The number of hydrogen-bond donors (Lipinski definition) is 4. The Morgan fingerprint density at radius 2 is 0.603 bits per heavy atom. The zero-order chi connectivity index (χ0) is 43.5. The summed E-state index contributed by atoms with van der Waals surface area (Å²) >= 11 is 0. The highest BCUT2D eigenvalue weighted by Crippen LogP contribution is 2.18. The molecule has 0 bridgehead atoms. The molecular formula is C50H80O8. The summed E-state index contributed by atoms with van der Waals surface area (Å²) in [5.74, 6) is 1.26. The molecule has 0 spiro atoms. The molecule has 0 fully saturated rings. The van der Waals surface area contributed by atoms with Gasteiger partial charge in [-0.15, -0.1) is 0 Å². The molecule has 8 nitrogen and oxygen atoms in total. The maximum absolute atomic E-state index is 9.39. The Kier molecular flexibility index (Phi) is 41.1. The van der Waals surface area contributed by atoms with Gasteiger partial charge in [-0.25, -0.2) is 0 Å². The normalized spacial score (nSPS) is 9.79. The van der Waals surface area contributed by atoms with Crippen molar-refractivity contribution in [1.29, 1.82) is 0 Å². The zero-order valence-corrected chi connectivity index (χ0v) is 37.4. The van der Waals surface area contributed by atoms with Gasteiger partial charge in [0, 0.05) is 43.1 Å². The number of para-hydroxylation sites is 3. The summed E-state index contributed by atoms with van der Waals surface area (Å²) in [6.45, 7) is 22.3. The summed E-state index contributed by atoms with van der Waals surface area (Å²) < 4.78 is 21.6. The third-order valence-electron chi connectivity index (χ3n) is 7.52. The predicted molar refractivity (Wildman–Crippen MR) is 243 cm³/mol. The first kappa shape index (κ1) is 56.0. The van der Waals surface area contributed by atoms with Crippen LogP contribution in [0.2, 0.25) is 0 Å². The van der Waals surface area contributed by atoms with Crippen LogP contribution in [0.3, 0.4) is 0 Å². The molecule has 0 radical (unpaired) electrons. The number of ether oxygens (including phenoxy) is 4. The largest absolute Gasteiger partial charge is 0.508 e. The predicted octanol–water partition coefficient (Wildman–Crippen LogP) is 13.7. The van der Waals surface area contributed by atoms with Crippen LogP contribution in [0.15, 0.2) is 97.1 Å². The van der Waals surface area contributed by atoms with Gasteiger partial charge in [0.2, 0.25) is 0 Å². The molecule has 0 unspecified atom stereocenters. The molecule has 328 valence electrons. The minimum Gasteiger partial charge on any atom is -0.508 e. The van der Waals surface area contributed by atoms with Crippen molar-refractivity contribution >= 4 is 0 Å². The first-order valence-electron chi connectivity index (χ1n) is 21.6. The van der Waals surface area contributed by atoms with Gasteiger partial charge in [0.05, 0.1) is 26.4 Å². The Labute approximate surface area is 353 Å². The molecule has 0 aliphatic carbocycles. The number of rotatable bonds is 20. The molecule has 0 amide bonds. The molecular weight excluding hydrogens is 729 g/mol. The second-order valence-corrected chi connectivity index (χ2v) is 13.6. The van der Waals surface area contributed by atoms with E-state index < -0.39 is 0 Å². The van der Waals surface area contributed by atoms with Gasteiger partial charge in [0.25, 0.3) is 0 Å². The van der Waals surface area contributed by atoms with Gasteiger partial charge >= 0.3 is 0 Å². The quantitative estimate of drug-likeness (QED) is 0.0652. The smallest absolute Gasteiger partial charge is 0.121 e. The lowest BCUT2D eigenvalue weighted by molar-refractivity contribution is 0.116. The fourth-order valence-electron chi connectivity index (χ4n) is 4.21. The Hall–Kier alpha value is -4.08. The van der Waals surface area contributed by atoms with Crippen LogP contribution in [0.25, 0.3) is 0 Å². The molecule has 0 heterocycles. The van der Waals surface area contributed by atoms with Gasteiger partial charge in [-0.2, -0.15) is 0 Å². The average Bonchev–Trinajstić information content (AvgIpc) is 3.22. The maximum atomic E-state index is 9.39. The summed E-state index contributed by atoms with van der Waals surface area (Å²) in [5, 5.41) is 37.2. The van der Waals surface area contributed by atoms with Crippen LogP contribution >= 0.6 is 0 Å². The van der Waals surface area contributed by atoms with E-state index in [0.29, 0.717) is 49.4 Å². The van der Waals surface area contributed by atoms with Crippen LogP contribution in [0.5, 0.6) is 23.0 Å². The minimum absolute atomic E-state index is 0.303. The SMILES string of the molecule is CCC.CCC.CCCCOCc1ccc(O)cc1.CCCCOCc1ccccc1O.CCCCOCc1ccccc1O.CCCCOCc1ccccc1O. The minimum atomic E-state index is 0.303. The average molecular weight is 809 g/mol. The van der Waals surface area contributed by atoms with Crippen molar-refractivity contribution in [2.45, 2.75) is 146 Å². The van der Waals surface area contributed by atoms with Gasteiger partial charge in [-0.05, 0) is 61.6 Å². The summed E-state index contributed by atoms with van der Waals surface area (Å²) in [4.78, 5) is 0. The van der Waals surface area contributed by atoms with Crippen LogP contribution in [0, 0.1) is 0 Å². The molecule has 0 saturated heterocycles. The molecule has 0 saturated carbocycles. The zero-order valence-electron chi connectivity index (χ0n) is 37.4. The molecule has 0 aliphatic rings. The Balaban J connectivity index is 0. The van der Waals surface area contributed by atoms with Crippen molar-refractivity contribution < 1.29 is 39.4 Å². The summed E-state index contributed by atoms with van der Waals surface area (Å²) in [6.07, 6.45) is 11.4. The van der Waals surface area contributed by atoms with Crippen LogP contribution in [0.1, 0.15) is 142 Å². The molecule has 0 aliphatic heterocycles. The van der Waals surface area contributed by atoms with Gasteiger partial charge < -0.3 is 39.4 Å². The third kappa shape index (κ3) is 34.0. The van der Waals surface area contributed by atoms with E-state index in [1.54, 1.807) is 30.3 Å². The monoisotopic (exact) mass is 809 g/mol. The van der Waals surface area contributed by atoms with Crippen molar-refractivity contribution in [3.05, 3.63) is 119 Å². The van der Waals surface area contributed by atoms with E-state index in [0.717, 1.165) is 100 Å². The van der Waals surface area contributed by atoms with Crippen molar-refractivity contribution in [2.75, 3.05) is 26.4 Å². The highest BCUT2D eigenvalue weighted by atomic mass is 16.5. The van der Waals surface area contributed by atoms with Crippen molar-refractivity contribution in [1.82, 2.24) is 0 Å². The molecule has 0 aromatic heterocycles. The van der Waals surface area contributed by atoms with Crippen molar-refractivity contribution in [3.63, 3.8) is 0 Å². The van der Waals surface area contributed by atoms with E-state index in [-0.39, 0.29) is 0 Å². The lowest BCUT2D eigenvalue weighted by atomic mass is 10.2. The number of unbranched alkanes of at least 4 members (excludes halogenated alkanes) is 4. The van der Waals surface area contributed by atoms with Gasteiger partial charge in [-0.3, -0.25) is 0 Å².